The minimum absolute atomic E-state index is 0.0293. The number of hydrogen-bond donors (Lipinski definition) is 1. The van der Waals surface area contributed by atoms with Crippen LogP contribution in [0.25, 0.3) is 0 Å². The summed E-state index contributed by atoms with van der Waals surface area (Å²) in [6, 6.07) is 0. The summed E-state index contributed by atoms with van der Waals surface area (Å²) in [5.74, 6) is 1.01. The molecule has 1 N–H and O–H groups in total. The molecule has 4 nitrogen and oxygen atoms in total. The highest BCUT2D eigenvalue weighted by Gasteiger charge is 2.65. The highest BCUT2D eigenvalue weighted by atomic mass is 16.4. The smallest absolute Gasteiger partial charge is 0.330 e. The number of fused-ring (bicyclic) bond motifs is 4. The summed E-state index contributed by atoms with van der Waals surface area (Å²) >= 11 is 0. The average Bonchev–Trinajstić information content (AvgIpc) is 3.02. The van der Waals surface area contributed by atoms with E-state index in [9.17, 15) is 14.4 Å². The van der Waals surface area contributed by atoms with Gasteiger partial charge in [-0.25, -0.2) is 4.79 Å². The number of carbonyl (C=O) groups excluding carboxylic acids is 2. The van der Waals surface area contributed by atoms with Crippen LogP contribution in [0, 0.1) is 39.4 Å². The van der Waals surface area contributed by atoms with Gasteiger partial charge in [-0.15, -0.1) is 0 Å². The molecule has 0 bridgehead atoms. The van der Waals surface area contributed by atoms with Gasteiger partial charge >= 0.3 is 5.97 Å². The monoisotopic (exact) mass is 468 g/mol. The van der Waals surface area contributed by atoms with E-state index in [1.165, 1.54) is 5.57 Å². The second-order valence-electron chi connectivity index (χ2n) is 13.2. The summed E-state index contributed by atoms with van der Waals surface area (Å²) in [4.78, 5) is 37.9. The lowest BCUT2D eigenvalue weighted by Crippen LogP contribution is -2.56. The molecule has 0 aromatic rings. The molecule has 2 fully saturated rings. The van der Waals surface area contributed by atoms with E-state index in [1.54, 1.807) is 6.92 Å². The van der Waals surface area contributed by atoms with Gasteiger partial charge in [-0.05, 0) is 80.5 Å². The fourth-order valence-corrected chi connectivity index (χ4v) is 9.10. The van der Waals surface area contributed by atoms with Crippen LogP contribution in [0.1, 0.15) is 106 Å². The van der Waals surface area contributed by atoms with Crippen LogP contribution in [-0.2, 0) is 14.4 Å². The molecular formula is C30H44O4. The van der Waals surface area contributed by atoms with Crippen molar-refractivity contribution in [2.24, 2.45) is 39.4 Å². The van der Waals surface area contributed by atoms with Crippen LogP contribution in [0.15, 0.2) is 22.8 Å². The fraction of sp³-hybridized carbons (Fsp3) is 0.767. The van der Waals surface area contributed by atoms with Crippen LogP contribution >= 0.6 is 0 Å². The third-order valence-corrected chi connectivity index (χ3v) is 11.4. The van der Waals surface area contributed by atoms with Gasteiger partial charge in [0.05, 0.1) is 0 Å². The molecule has 0 saturated heterocycles. The summed E-state index contributed by atoms with van der Waals surface area (Å²) in [5.41, 5.74) is 2.37. The minimum Gasteiger partial charge on any atom is -0.478 e. The first kappa shape index (κ1) is 25.4. The molecule has 4 heteroatoms. The summed E-state index contributed by atoms with van der Waals surface area (Å²) < 4.78 is 0. The first-order chi connectivity index (χ1) is 15.7. The predicted octanol–water partition coefficient (Wildman–Crippen LogP) is 6.93. The Morgan fingerprint density at radius 3 is 2.41 bits per heavy atom. The Labute approximate surface area is 205 Å². The van der Waals surface area contributed by atoms with Crippen molar-refractivity contribution in [2.45, 2.75) is 106 Å². The largest absolute Gasteiger partial charge is 0.478 e. The molecule has 4 rings (SSSR count). The van der Waals surface area contributed by atoms with Crippen molar-refractivity contribution in [3.63, 3.8) is 0 Å². The van der Waals surface area contributed by atoms with Gasteiger partial charge in [0.15, 0.2) is 5.78 Å². The molecular weight excluding hydrogens is 424 g/mol. The Morgan fingerprint density at radius 1 is 1.09 bits per heavy atom. The highest BCUT2D eigenvalue weighted by Crippen LogP contribution is 2.71. The Balaban J connectivity index is 1.66. The molecule has 6 atom stereocenters. The van der Waals surface area contributed by atoms with Crippen molar-refractivity contribution in [3.05, 3.63) is 22.8 Å². The number of hydrogen-bond acceptors (Lipinski definition) is 3. The van der Waals surface area contributed by atoms with Gasteiger partial charge in [-0.1, -0.05) is 53.2 Å². The van der Waals surface area contributed by atoms with Gasteiger partial charge in [0.1, 0.15) is 5.78 Å². The number of carboxylic acids is 1. The minimum atomic E-state index is -0.845. The maximum Gasteiger partial charge on any atom is 0.330 e. The summed E-state index contributed by atoms with van der Waals surface area (Å²) in [7, 11) is 0. The predicted molar refractivity (Wildman–Crippen MR) is 134 cm³/mol. The molecule has 188 valence electrons. The zero-order chi connectivity index (χ0) is 25.3. The van der Waals surface area contributed by atoms with E-state index in [-0.39, 0.29) is 27.6 Å². The van der Waals surface area contributed by atoms with E-state index >= 15 is 0 Å². The van der Waals surface area contributed by atoms with Crippen LogP contribution in [0.3, 0.4) is 0 Å². The Bertz CT molecular complexity index is 984. The number of allylic oxidation sites excluding steroid dienone is 3. The molecule has 0 aromatic heterocycles. The lowest BCUT2D eigenvalue weighted by molar-refractivity contribution is -0.142. The SMILES string of the molecule is C/C(=C\CCC(C)C1CCC2(C)C3=C(C(=O)CC12C)C1(C)CCC(=O)C(C)(C)C1CC3)C(=O)O. The molecule has 0 spiro atoms. The summed E-state index contributed by atoms with van der Waals surface area (Å²) in [6.07, 6.45) is 9.78. The molecule has 0 aromatic carbocycles. The second kappa shape index (κ2) is 8.17. The van der Waals surface area contributed by atoms with Crippen molar-refractivity contribution in [1.29, 1.82) is 0 Å². The molecule has 0 amide bonds. The van der Waals surface area contributed by atoms with Gasteiger partial charge in [-0.2, -0.15) is 0 Å². The average molecular weight is 469 g/mol. The zero-order valence-corrected chi connectivity index (χ0v) is 22.3. The van der Waals surface area contributed by atoms with E-state index in [0.717, 1.165) is 50.5 Å². The number of rotatable bonds is 5. The van der Waals surface area contributed by atoms with E-state index < -0.39 is 5.97 Å². The first-order valence-electron chi connectivity index (χ1n) is 13.4. The quantitative estimate of drug-likeness (QED) is 0.444. The topological polar surface area (TPSA) is 71.4 Å². The van der Waals surface area contributed by atoms with Gasteiger partial charge in [0, 0.05) is 34.8 Å². The number of carboxylic acid groups (broad SMARTS) is 1. The number of carbonyl (C=O) groups is 3. The van der Waals surface area contributed by atoms with Crippen molar-refractivity contribution in [3.8, 4) is 0 Å². The summed E-state index contributed by atoms with van der Waals surface area (Å²) in [6.45, 7) is 15.3. The zero-order valence-electron chi connectivity index (χ0n) is 22.3. The van der Waals surface area contributed by atoms with E-state index in [4.69, 9.17) is 5.11 Å². The van der Waals surface area contributed by atoms with Crippen LogP contribution in [0.2, 0.25) is 0 Å². The number of aliphatic carboxylic acids is 1. The maximum atomic E-state index is 14.0. The van der Waals surface area contributed by atoms with E-state index in [0.29, 0.717) is 41.8 Å². The van der Waals surface area contributed by atoms with Crippen LogP contribution < -0.4 is 0 Å². The van der Waals surface area contributed by atoms with Gasteiger partial charge in [-0.3, -0.25) is 9.59 Å². The second-order valence-corrected chi connectivity index (χ2v) is 13.2. The van der Waals surface area contributed by atoms with Gasteiger partial charge < -0.3 is 5.11 Å². The summed E-state index contributed by atoms with van der Waals surface area (Å²) in [5, 5.41) is 9.15. The van der Waals surface area contributed by atoms with E-state index in [2.05, 4.69) is 41.5 Å². The van der Waals surface area contributed by atoms with Crippen LogP contribution in [0.5, 0.6) is 0 Å². The molecule has 0 radical (unpaired) electrons. The molecule has 4 aliphatic rings. The fourth-order valence-electron chi connectivity index (χ4n) is 9.10. The van der Waals surface area contributed by atoms with Gasteiger partial charge in [0.25, 0.3) is 0 Å². The van der Waals surface area contributed by atoms with Crippen molar-refractivity contribution < 1.29 is 19.5 Å². The Morgan fingerprint density at radius 2 is 1.76 bits per heavy atom. The van der Waals surface area contributed by atoms with Gasteiger partial charge in [0.2, 0.25) is 0 Å². The van der Waals surface area contributed by atoms with E-state index in [1.807, 2.05) is 6.08 Å². The molecule has 6 unspecified atom stereocenters. The number of ketones is 2. The molecule has 0 heterocycles. The first-order valence-corrected chi connectivity index (χ1v) is 13.4. The third-order valence-electron chi connectivity index (χ3n) is 11.4. The molecule has 0 aliphatic heterocycles. The lowest BCUT2D eigenvalue weighted by Gasteiger charge is -2.60. The highest BCUT2D eigenvalue weighted by molar-refractivity contribution is 6.00. The molecule has 4 aliphatic carbocycles. The third kappa shape index (κ3) is 3.41. The van der Waals surface area contributed by atoms with Crippen molar-refractivity contribution >= 4 is 17.5 Å². The molecule has 2 saturated carbocycles. The van der Waals surface area contributed by atoms with Crippen molar-refractivity contribution in [2.75, 3.05) is 0 Å². The van der Waals surface area contributed by atoms with Crippen molar-refractivity contribution in [1.82, 2.24) is 0 Å². The standard InChI is InChI=1S/C30H44O4/c1-18(9-8-10-19(2)26(33)34)20-13-16-29(6)21-11-12-23-27(3,4)24(32)14-15-28(23,5)25(21)22(31)17-30(20,29)7/h10,18,20,23H,8-9,11-17H2,1-7H3,(H,33,34)/b19-10+. The van der Waals surface area contributed by atoms with Crippen LogP contribution in [0.4, 0.5) is 0 Å². The molecule has 34 heavy (non-hydrogen) atoms. The number of Topliss-reactive ketones (excluding diaryl/α,β-unsaturated/α-hetero) is 2. The maximum absolute atomic E-state index is 14.0. The lowest BCUT2D eigenvalue weighted by atomic mass is 9.43. The Kier molecular flexibility index (Phi) is 6.10. The van der Waals surface area contributed by atoms with Crippen LogP contribution in [-0.4, -0.2) is 22.6 Å². The normalized spacial score (nSPS) is 40.5. The Hall–Kier alpha value is -1.71.